The minimum Gasteiger partial charge on any atom is -0.491 e. The molecule has 0 bridgehead atoms. The Morgan fingerprint density at radius 2 is 0.812 bits per heavy atom. The number of aromatic nitrogens is 8. The van der Waals surface area contributed by atoms with Gasteiger partial charge < -0.3 is 33.8 Å². The van der Waals surface area contributed by atoms with Gasteiger partial charge in [0.15, 0.2) is 53.5 Å². The number of aryl methyl sites for hydroxylation is 2. The maximum absolute atomic E-state index is 12.4. The molecule has 10 heterocycles. The van der Waals surface area contributed by atoms with E-state index in [9.17, 15) is 39.3 Å². The minimum atomic E-state index is -1.08. The van der Waals surface area contributed by atoms with Crippen molar-refractivity contribution in [3.8, 4) is 0 Å². The molecule has 5 unspecified atom stereocenters. The zero-order valence-electron chi connectivity index (χ0n) is 59.3. The Kier molecular flexibility index (Phi) is 24.0. The lowest BCUT2D eigenvalue weighted by Gasteiger charge is -2.24. The highest BCUT2D eigenvalue weighted by molar-refractivity contribution is 6.46. The lowest BCUT2D eigenvalue weighted by molar-refractivity contribution is -0.118. The van der Waals surface area contributed by atoms with Crippen LogP contribution in [0.3, 0.4) is 0 Å². The van der Waals surface area contributed by atoms with Crippen LogP contribution >= 0.6 is 34.8 Å². The molecule has 0 aromatic carbocycles. The van der Waals surface area contributed by atoms with Crippen LogP contribution in [-0.2, 0) is 74.6 Å². The summed E-state index contributed by atoms with van der Waals surface area (Å²) in [4.78, 5) is 76.0. The average Bonchev–Trinajstić information content (AvgIpc) is 1.67. The Bertz CT molecular complexity index is 3840. The number of methoxy groups -OCH3 is 2. The van der Waals surface area contributed by atoms with E-state index in [1.54, 1.807) is 54.3 Å². The molecule has 5 atom stereocenters. The molecule has 0 aliphatic carbocycles. The summed E-state index contributed by atoms with van der Waals surface area (Å²) in [6, 6.07) is 8.76. The number of amides is 5. The van der Waals surface area contributed by atoms with E-state index in [1.807, 2.05) is 99.3 Å². The topological polar surface area (TPSA) is 294 Å². The molecule has 5 aliphatic heterocycles. The first-order valence-corrected chi connectivity index (χ1v) is 31.9. The number of hydrogen-bond acceptors (Lipinski definition) is 18. The summed E-state index contributed by atoms with van der Waals surface area (Å²) < 4.78 is 24.2. The van der Waals surface area contributed by atoms with Crippen LogP contribution in [0.4, 0.5) is 29.1 Å². The number of anilines is 5. The molecule has 0 fully saturated rings. The number of carbonyl (C=O) groups excluding carboxylic acids is 5. The summed E-state index contributed by atoms with van der Waals surface area (Å²) in [6.07, 6.45) is -1.68. The van der Waals surface area contributed by atoms with Crippen LogP contribution in [0.25, 0.3) is 0 Å². The number of carbonyl (C=O) groups is 5. The van der Waals surface area contributed by atoms with Crippen molar-refractivity contribution in [3.63, 3.8) is 0 Å². The van der Waals surface area contributed by atoms with E-state index < -0.39 is 36.4 Å². The summed E-state index contributed by atoms with van der Waals surface area (Å²) >= 11 is 17.9. The molecular weight excluding hydrogens is 1300 g/mol. The summed E-state index contributed by atoms with van der Waals surface area (Å²) in [6.45, 7) is 43.1. The molecule has 28 heteroatoms. The smallest absolute Gasteiger partial charge is 0.297 e. The summed E-state index contributed by atoms with van der Waals surface area (Å²) in [5, 5.41) is 47.2. The van der Waals surface area contributed by atoms with Gasteiger partial charge in [0.1, 0.15) is 33.7 Å². The molecule has 0 spiro atoms. The van der Waals surface area contributed by atoms with E-state index in [1.165, 1.54) is 25.4 Å². The van der Waals surface area contributed by atoms with Crippen molar-refractivity contribution in [2.24, 2.45) is 14.1 Å². The van der Waals surface area contributed by atoms with Crippen molar-refractivity contribution in [1.82, 2.24) is 39.8 Å². The SMILES string of the molecule is C.CC1=C(Cl)C(=O)N(c2cc(C(C)(C)C)n(C)n2)C1O.CC1=C(Cl)C(=O)N(c2cc(C(C)(C)C)on2)C1O.CC1=C(Cl)C(C)N(c2cc(C(C)(C)C)n(C)n2)C1=O.COC1=C(C)C(C)N(c2cc(C(C)(C)C)ncn2)C1=O.COC1=C(C)C(O)N(c2cc(C(C)(C)C)on2)C1=O. The van der Waals surface area contributed by atoms with Crippen molar-refractivity contribution in [2.45, 2.75) is 218 Å². The van der Waals surface area contributed by atoms with Gasteiger partial charge in [-0.1, -0.05) is 156 Å². The zero-order valence-corrected chi connectivity index (χ0v) is 61.6. The quantitative estimate of drug-likeness (QED) is 0.136. The number of halogens is 3. The van der Waals surface area contributed by atoms with Gasteiger partial charge in [0.2, 0.25) is 0 Å². The summed E-state index contributed by atoms with van der Waals surface area (Å²) in [7, 11) is 6.64. The maximum Gasteiger partial charge on any atom is 0.297 e. The molecule has 5 aromatic rings. The Labute approximate surface area is 578 Å². The van der Waals surface area contributed by atoms with Crippen molar-refractivity contribution in [1.29, 1.82) is 0 Å². The van der Waals surface area contributed by atoms with Crippen LogP contribution in [0.15, 0.2) is 100 Å². The number of rotatable bonds is 7. The molecule has 0 saturated heterocycles. The largest absolute Gasteiger partial charge is 0.491 e. The number of hydrogen-bond donors (Lipinski definition) is 3. The highest BCUT2D eigenvalue weighted by Crippen LogP contribution is 2.39. The molecule has 5 aliphatic rings. The molecule has 10 rings (SSSR count). The Morgan fingerprint density at radius 3 is 1.12 bits per heavy atom. The Morgan fingerprint density at radius 1 is 0.448 bits per heavy atom. The van der Waals surface area contributed by atoms with Gasteiger partial charge in [-0.15, -0.1) is 0 Å². The number of aliphatic hydroxyl groups is 3. The van der Waals surface area contributed by atoms with Crippen molar-refractivity contribution < 1.29 is 57.8 Å². The predicted molar refractivity (Wildman–Crippen MR) is 371 cm³/mol. The molecule has 25 nitrogen and oxygen atoms in total. The lowest BCUT2D eigenvalue weighted by atomic mass is 9.92. The fourth-order valence-corrected chi connectivity index (χ4v) is 11.1. The first-order valence-electron chi connectivity index (χ1n) is 30.7. The molecule has 526 valence electrons. The van der Waals surface area contributed by atoms with E-state index >= 15 is 0 Å². The van der Waals surface area contributed by atoms with E-state index in [4.69, 9.17) is 53.3 Å². The third-order valence-electron chi connectivity index (χ3n) is 16.4. The van der Waals surface area contributed by atoms with Crippen molar-refractivity contribution >= 4 is 93.4 Å². The molecule has 5 amide bonds. The van der Waals surface area contributed by atoms with Crippen LogP contribution in [0.2, 0.25) is 0 Å². The molecule has 3 N–H and O–H groups in total. The third-order valence-corrected chi connectivity index (χ3v) is 17.9. The van der Waals surface area contributed by atoms with Gasteiger partial charge in [-0.3, -0.25) is 57.8 Å². The number of ether oxygens (including phenoxy) is 2. The normalized spacial score (nSPS) is 20.3. The van der Waals surface area contributed by atoms with Gasteiger partial charge in [-0.05, 0) is 54.0 Å². The molecule has 0 saturated carbocycles. The van der Waals surface area contributed by atoms with Gasteiger partial charge in [-0.2, -0.15) is 10.2 Å². The first kappa shape index (κ1) is 79.0. The van der Waals surface area contributed by atoms with E-state index in [2.05, 4.69) is 92.8 Å². The van der Waals surface area contributed by atoms with Gasteiger partial charge in [0.05, 0.1) is 32.0 Å². The van der Waals surface area contributed by atoms with Crippen LogP contribution in [0.1, 0.15) is 188 Å². The van der Waals surface area contributed by atoms with E-state index in [0.717, 1.165) is 32.5 Å². The summed E-state index contributed by atoms with van der Waals surface area (Å²) in [5.74, 6) is 2.61. The highest BCUT2D eigenvalue weighted by atomic mass is 35.5. The molecule has 96 heavy (non-hydrogen) atoms. The van der Waals surface area contributed by atoms with Crippen LogP contribution in [-0.4, -0.2) is 130 Å². The fraction of sp³-hybridized carbons (Fsp3) is 0.544. The van der Waals surface area contributed by atoms with Gasteiger partial charge in [0, 0.05) is 110 Å². The second-order valence-corrected chi connectivity index (χ2v) is 30.0. The van der Waals surface area contributed by atoms with Gasteiger partial charge in [-0.25, -0.2) is 9.97 Å². The summed E-state index contributed by atoms with van der Waals surface area (Å²) in [5.41, 5.74) is 5.21. The second kappa shape index (κ2) is 29.2. The van der Waals surface area contributed by atoms with Crippen molar-refractivity contribution in [3.05, 3.63) is 120 Å². The Hall–Kier alpha value is -7.68. The van der Waals surface area contributed by atoms with Crippen molar-refractivity contribution in [2.75, 3.05) is 38.7 Å². The van der Waals surface area contributed by atoms with E-state index in [-0.39, 0.29) is 85.9 Å². The third kappa shape index (κ3) is 16.0. The van der Waals surface area contributed by atoms with E-state index in [0.29, 0.717) is 62.1 Å². The number of aliphatic hydroxyl groups excluding tert-OH is 3. The monoisotopic (exact) mass is 1390 g/mol. The second-order valence-electron chi connectivity index (χ2n) is 28.9. The van der Waals surface area contributed by atoms with Gasteiger partial charge >= 0.3 is 0 Å². The maximum atomic E-state index is 12.4. The lowest BCUT2D eigenvalue weighted by Crippen LogP contribution is -2.35. The van der Waals surface area contributed by atoms with Crippen LogP contribution in [0.5, 0.6) is 0 Å². The van der Waals surface area contributed by atoms with Crippen LogP contribution < -0.4 is 24.5 Å². The fourth-order valence-electron chi connectivity index (χ4n) is 10.5. The van der Waals surface area contributed by atoms with Crippen LogP contribution in [0, 0.1) is 0 Å². The average molecular weight is 1390 g/mol. The molecule has 0 radical (unpaired) electrons. The minimum absolute atomic E-state index is 0. The highest BCUT2D eigenvalue weighted by Gasteiger charge is 2.43. The first-order chi connectivity index (χ1) is 43.6. The zero-order chi connectivity index (χ0) is 72.2. The molecule has 5 aromatic heterocycles. The standard InChI is InChI=1S/C15H21N3O2.C14H20ClN3O.C13H18ClN3O2.C13H18N2O4.C12H15ClN2O3.CH4/c1-9-10(2)18(14(19)13(9)20-6)12-7-11(15(3,4)5)16-8-17-12;1-8-12(15)9(2)18(13(8)19)11-7-10(14(3,4)5)17(6)16-11;1-7-10(14)12(19)17(11(7)18)9-6-8(13(2,3)4)16(5)15-9;1-7-10(18-5)12(17)15(11(7)16)9-6-8(19-14-9)13(2,3)4;1-6-9(13)11(17)15(10(6)16)8-5-7(18-14-8)12(2,3)4;/h7-8,10H,1-6H3;7,9H,1-6H3;6,11,18H,1-5H3;6,11,16H,1-5H3;5,10,16H,1-4H3;1H4. The van der Waals surface area contributed by atoms with Gasteiger partial charge in [0.25, 0.3) is 29.5 Å². The molecular formula is C68H96Cl3N13O12. The Balaban J connectivity index is 0.000000217. The predicted octanol–water partition coefficient (Wildman–Crippen LogP) is 11.6. The number of nitrogens with zero attached hydrogens (tertiary/aromatic N) is 13.